The first-order valence-corrected chi connectivity index (χ1v) is 8.35. The van der Waals surface area contributed by atoms with Crippen LogP contribution in [0.25, 0.3) is 0 Å². The van der Waals surface area contributed by atoms with Crippen LogP contribution in [0.2, 0.25) is 11.1 Å². The molecule has 0 aliphatic rings. The molecule has 1 aromatic rings. The highest BCUT2D eigenvalue weighted by atomic mass is 28.4. The molecule has 1 N–H and O–H groups in total. The topological polar surface area (TPSA) is 20.2 Å². The van der Waals surface area contributed by atoms with Gasteiger partial charge >= 0.3 is 0 Å². The Bertz CT molecular complexity index is 424. The van der Waals surface area contributed by atoms with Crippen LogP contribution >= 0.6 is 0 Å². The monoisotopic (exact) mass is 276 g/mol. The summed E-state index contributed by atoms with van der Waals surface area (Å²) < 4.78 is 39.6. The second kappa shape index (κ2) is 5.44. The Morgan fingerprint density at radius 2 is 1.39 bits per heavy atom. The molecule has 0 heterocycles. The van der Waals surface area contributed by atoms with Gasteiger partial charge in [-0.15, -0.1) is 0 Å². The fraction of sp³-hybridized carbons (Fsp3) is 0.538. The Balaban J connectivity index is 3.13. The number of benzene rings is 1. The Kier molecular flexibility index (Phi) is 4.61. The molecule has 0 fully saturated rings. The van der Waals surface area contributed by atoms with Gasteiger partial charge < -0.3 is 4.80 Å². The molecule has 1 nitrogen and oxygen atoms in total. The van der Waals surface area contributed by atoms with Gasteiger partial charge in [-0.3, -0.25) is 0 Å². The van der Waals surface area contributed by atoms with Gasteiger partial charge in [0.2, 0.25) is 0 Å². The Morgan fingerprint density at radius 3 is 1.83 bits per heavy atom. The van der Waals surface area contributed by atoms with Gasteiger partial charge in [-0.2, -0.15) is 0 Å². The van der Waals surface area contributed by atoms with Gasteiger partial charge in [0.1, 0.15) is 5.82 Å². The maximum atomic E-state index is 13.6. The van der Waals surface area contributed by atoms with Crippen LogP contribution in [0.1, 0.15) is 33.3 Å². The summed E-state index contributed by atoms with van der Waals surface area (Å²) in [6, 6.07) is 1.50. The van der Waals surface area contributed by atoms with Crippen LogP contribution in [0.5, 0.6) is 0 Å². The average Bonchev–Trinajstić information content (AvgIpc) is 2.25. The van der Waals surface area contributed by atoms with Crippen LogP contribution in [-0.2, 0) is 6.04 Å². The molecule has 1 aromatic carbocycles. The minimum absolute atomic E-state index is 0.0185. The molecule has 0 bridgehead atoms. The van der Waals surface area contributed by atoms with E-state index in [2.05, 4.69) is 0 Å². The van der Waals surface area contributed by atoms with E-state index in [1.54, 1.807) is 0 Å². The van der Waals surface area contributed by atoms with Gasteiger partial charge in [0, 0.05) is 6.07 Å². The maximum absolute atomic E-state index is 13.6. The third-order valence-corrected chi connectivity index (χ3v) is 8.51. The van der Waals surface area contributed by atoms with Crippen molar-refractivity contribution < 1.29 is 18.0 Å². The molecule has 1 rings (SSSR count). The second-order valence-electron chi connectivity index (χ2n) is 5.34. The van der Waals surface area contributed by atoms with Crippen molar-refractivity contribution in [3.8, 4) is 0 Å². The predicted octanol–water partition coefficient (Wildman–Crippen LogP) is 3.94. The van der Waals surface area contributed by atoms with E-state index in [0.29, 0.717) is 6.07 Å². The van der Waals surface area contributed by atoms with Gasteiger partial charge in [-0.1, -0.05) is 27.7 Å². The molecule has 0 amide bonds. The van der Waals surface area contributed by atoms with Gasteiger partial charge in [-0.05, 0) is 28.8 Å². The first kappa shape index (κ1) is 15.2. The largest absolute Gasteiger partial charge is 0.431 e. The van der Waals surface area contributed by atoms with E-state index in [0.717, 1.165) is 6.07 Å². The third kappa shape index (κ3) is 2.95. The molecule has 0 aliphatic heterocycles. The molecule has 0 spiro atoms. The van der Waals surface area contributed by atoms with E-state index >= 15 is 0 Å². The average molecular weight is 276 g/mol. The number of rotatable bonds is 4. The molecule has 102 valence electrons. The van der Waals surface area contributed by atoms with Gasteiger partial charge in [0.25, 0.3) is 0 Å². The fourth-order valence-corrected chi connectivity index (χ4v) is 5.11. The number of hydrogen-bond donors (Lipinski definition) is 1. The van der Waals surface area contributed by atoms with Crippen molar-refractivity contribution in [3.05, 3.63) is 35.1 Å². The Labute approximate surface area is 107 Å². The zero-order valence-electron chi connectivity index (χ0n) is 11.1. The highest BCUT2D eigenvalue weighted by Gasteiger charge is 2.39. The zero-order valence-corrected chi connectivity index (χ0v) is 12.1. The summed E-state index contributed by atoms with van der Waals surface area (Å²) >= 11 is 0. The summed E-state index contributed by atoms with van der Waals surface area (Å²) in [5, 5.41) is 0. The molecule has 0 saturated heterocycles. The van der Waals surface area contributed by atoms with E-state index in [1.165, 1.54) is 0 Å². The third-order valence-electron chi connectivity index (χ3n) is 3.56. The zero-order chi connectivity index (χ0) is 14.1. The number of halogens is 3. The van der Waals surface area contributed by atoms with Crippen molar-refractivity contribution in [1.29, 1.82) is 0 Å². The smallest absolute Gasteiger partial charge is 0.198 e. The van der Waals surface area contributed by atoms with Crippen molar-refractivity contribution in [2.45, 2.75) is 44.8 Å². The van der Waals surface area contributed by atoms with Crippen LogP contribution in [0.4, 0.5) is 13.2 Å². The molecule has 0 radical (unpaired) electrons. The predicted molar refractivity (Wildman–Crippen MR) is 68.2 cm³/mol. The second-order valence-corrected chi connectivity index (χ2v) is 9.98. The van der Waals surface area contributed by atoms with E-state index in [9.17, 15) is 18.0 Å². The first-order chi connectivity index (χ1) is 8.18. The maximum Gasteiger partial charge on any atom is 0.198 e. The van der Waals surface area contributed by atoms with Crippen molar-refractivity contribution in [2.24, 2.45) is 0 Å². The van der Waals surface area contributed by atoms with Crippen LogP contribution in [0.3, 0.4) is 0 Å². The molecular weight excluding hydrogens is 257 g/mol. The standard InChI is InChI=1S/C13H19F3OSi/c1-8(2)18(17,9(3)4)7-10-5-12(15)13(16)6-11(10)14/h5-6,8-9,17H,7H2,1-4H3. The summed E-state index contributed by atoms with van der Waals surface area (Å²) in [5.41, 5.74) is 0.0977. The highest BCUT2D eigenvalue weighted by molar-refractivity contribution is 6.74. The lowest BCUT2D eigenvalue weighted by Gasteiger charge is -2.33. The fourth-order valence-electron chi connectivity index (χ4n) is 2.08. The molecule has 0 saturated carbocycles. The van der Waals surface area contributed by atoms with Gasteiger partial charge in [-0.25, -0.2) is 13.2 Å². The summed E-state index contributed by atoms with van der Waals surface area (Å²) in [6.45, 7) is 7.52. The summed E-state index contributed by atoms with van der Waals surface area (Å²) in [4.78, 5) is 10.7. The van der Waals surface area contributed by atoms with E-state index in [-0.39, 0.29) is 22.7 Å². The SMILES string of the molecule is CC(C)[Si](O)(Cc1cc(F)c(F)cc1F)C(C)C. The van der Waals surface area contributed by atoms with Crippen molar-refractivity contribution in [1.82, 2.24) is 0 Å². The Hall–Kier alpha value is -0.813. The quantitative estimate of drug-likeness (QED) is 0.652. The highest BCUT2D eigenvalue weighted by Crippen LogP contribution is 2.33. The van der Waals surface area contributed by atoms with Crippen molar-refractivity contribution in [3.63, 3.8) is 0 Å². The van der Waals surface area contributed by atoms with Gasteiger partial charge in [0.15, 0.2) is 20.0 Å². The summed E-state index contributed by atoms with van der Waals surface area (Å²) in [7, 11) is -2.75. The lowest BCUT2D eigenvalue weighted by Crippen LogP contribution is -2.44. The van der Waals surface area contributed by atoms with Crippen LogP contribution in [0, 0.1) is 17.5 Å². The van der Waals surface area contributed by atoms with E-state index in [4.69, 9.17) is 0 Å². The van der Waals surface area contributed by atoms with Crippen molar-refractivity contribution in [2.75, 3.05) is 0 Å². The van der Waals surface area contributed by atoms with Crippen LogP contribution in [-0.4, -0.2) is 13.1 Å². The van der Waals surface area contributed by atoms with Crippen molar-refractivity contribution >= 4 is 8.32 Å². The molecule has 0 aromatic heterocycles. The molecule has 0 unspecified atom stereocenters. The minimum atomic E-state index is -2.75. The van der Waals surface area contributed by atoms with Crippen LogP contribution < -0.4 is 0 Å². The normalized spacial score (nSPS) is 12.6. The van der Waals surface area contributed by atoms with Gasteiger partial charge in [0.05, 0.1) is 0 Å². The number of hydrogen-bond acceptors (Lipinski definition) is 1. The minimum Gasteiger partial charge on any atom is -0.431 e. The lowest BCUT2D eigenvalue weighted by atomic mass is 10.2. The molecular formula is C13H19F3OSi. The molecule has 0 atom stereocenters. The van der Waals surface area contributed by atoms with E-state index in [1.807, 2.05) is 27.7 Å². The summed E-state index contributed by atoms with van der Waals surface area (Å²) in [6.07, 6.45) is 0. The lowest BCUT2D eigenvalue weighted by molar-refractivity contribution is 0.476. The molecule has 18 heavy (non-hydrogen) atoms. The molecule has 0 aliphatic carbocycles. The van der Waals surface area contributed by atoms with E-state index < -0.39 is 25.8 Å². The summed E-state index contributed by atoms with van der Waals surface area (Å²) in [5.74, 6) is -3.06. The van der Waals surface area contributed by atoms with Crippen LogP contribution in [0.15, 0.2) is 12.1 Å². The first-order valence-electron chi connectivity index (χ1n) is 6.04. The molecule has 5 heteroatoms. The Morgan fingerprint density at radius 1 is 0.944 bits per heavy atom.